The van der Waals surface area contributed by atoms with Crippen molar-refractivity contribution < 1.29 is 13.6 Å². The van der Waals surface area contributed by atoms with E-state index in [4.69, 9.17) is 8.83 Å². The summed E-state index contributed by atoms with van der Waals surface area (Å²) >= 11 is 2.92. The van der Waals surface area contributed by atoms with E-state index < -0.39 is 5.63 Å². The molecule has 0 saturated heterocycles. The molecule has 0 radical (unpaired) electrons. The molecule has 0 spiro atoms. The molecule has 4 aromatic rings. The van der Waals surface area contributed by atoms with Gasteiger partial charge in [-0.15, -0.1) is 10.2 Å². The minimum absolute atomic E-state index is 0.189. The van der Waals surface area contributed by atoms with Crippen LogP contribution >= 0.6 is 23.1 Å². The van der Waals surface area contributed by atoms with Gasteiger partial charge < -0.3 is 19.5 Å². The number of rotatable bonds is 7. The molecular weight excluding hydrogens is 412 g/mol. The maximum Gasteiger partial charge on any atom is 0.336 e. The quantitative estimate of drug-likeness (QED) is 0.334. The van der Waals surface area contributed by atoms with E-state index in [-0.39, 0.29) is 5.91 Å². The van der Waals surface area contributed by atoms with Crippen LogP contribution in [0.15, 0.2) is 60.6 Å². The standard InChI is InChI=1S/C19H16N4O4S2/c1-11(24)21-13-4-5-15-12(7-17(25)27-16(15)8-13)10-28-19-23-22-18(29-19)20-9-14-3-2-6-26-14/h2-8H,9-10H2,1H3,(H,20,22)(H,21,24). The van der Waals surface area contributed by atoms with Crippen molar-refractivity contribution in [3.05, 3.63) is 64.4 Å². The molecule has 29 heavy (non-hydrogen) atoms. The second-order valence-electron chi connectivity index (χ2n) is 6.08. The SMILES string of the molecule is CC(=O)Nc1ccc2c(CSc3nnc(NCc4ccco4)s3)cc(=O)oc2c1. The van der Waals surface area contributed by atoms with Crippen molar-refractivity contribution >= 4 is 50.8 Å². The Balaban J connectivity index is 1.46. The van der Waals surface area contributed by atoms with Gasteiger partial charge in [0.05, 0.1) is 12.8 Å². The molecule has 8 nitrogen and oxygen atoms in total. The topological polar surface area (TPSA) is 110 Å². The molecule has 4 rings (SSSR count). The number of benzene rings is 1. The number of carbonyl (C=O) groups excluding carboxylic acids is 1. The summed E-state index contributed by atoms with van der Waals surface area (Å²) in [6, 6.07) is 10.4. The van der Waals surface area contributed by atoms with Crippen molar-refractivity contribution in [1.29, 1.82) is 0 Å². The van der Waals surface area contributed by atoms with Crippen molar-refractivity contribution in [1.82, 2.24) is 10.2 Å². The Morgan fingerprint density at radius 1 is 1.24 bits per heavy atom. The molecule has 0 aliphatic heterocycles. The minimum atomic E-state index is -0.439. The smallest absolute Gasteiger partial charge is 0.336 e. The fraction of sp³-hybridized carbons (Fsp3) is 0.158. The van der Waals surface area contributed by atoms with E-state index in [1.54, 1.807) is 18.4 Å². The number of hydrogen-bond donors (Lipinski definition) is 2. The first-order chi connectivity index (χ1) is 14.1. The molecule has 0 aliphatic rings. The van der Waals surface area contributed by atoms with Crippen molar-refractivity contribution in [3.63, 3.8) is 0 Å². The number of thioether (sulfide) groups is 1. The third-order valence-electron chi connectivity index (χ3n) is 3.90. The van der Waals surface area contributed by atoms with Crippen LogP contribution in [0.1, 0.15) is 18.2 Å². The van der Waals surface area contributed by atoms with Gasteiger partial charge in [-0.05, 0) is 29.8 Å². The van der Waals surface area contributed by atoms with Crippen LogP contribution in [0.3, 0.4) is 0 Å². The molecule has 2 N–H and O–H groups in total. The van der Waals surface area contributed by atoms with Gasteiger partial charge in [0, 0.05) is 35.9 Å². The molecule has 10 heteroatoms. The van der Waals surface area contributed by atoms with E-state index in [2.05, 4.69) is 20.8 Å². The Bertz CT molecular complexity index is 1200. The molecule has 3 aromatic heterocycles. The summed E-state index contributed by atoms with van der Waals surface area (Å²) < 4.78 is 11.3. The predicted octanol–water partition coefficient (Wildman–Crippen LogP) is 4.10. The zero-order chi connectivity index (χ0) is 20.2. The van der Waals surface area contributed by atoms with E-state index in [1.807, 2.05) is 18.2 Å². The van der Waals surface area contributed by atoms with E-state index in [1.165, 1.54) is 36.1 Å². The Kier molecular flexibility index (Phi) is 5.63. The number of nitrogens with zero attached hydrogens (tertiary/aromatic N) is 2. The van der Waals surface area contributed by atoms with Crippen molar-refractivity contribution in [3.8, 4) is 0 Å². The predicted molar refractivity (Wildman–Crippen MR) is 112 cm³/mol. The zero-order valence-electron chi connectivity index (χ0n) is 15.3. The van der Waals surface area contributed by atoms with E-state index in [0.29, 0.717) is 28.7 Å². The molecule has 1 amide bonds. The Morgan fingerprint density at radius 3 is 2.93 bits per heavy atom. The van der Waals surface area contributed by atoms with Gasteiger partial charge >= 0.3 is 5.63 Å². The normalized spacial score (nSPS) is 10.9. The van der Waals surface area contributed by atoms with E-state index in [0.717, 1.165) is 21.0 Å². The first-order valence-corrected chi connectivity index (χ1v) is 10.4. The summed E-state index contributed by atoms with van der Waals surface area (Å²) in [6.45, 7) is 1.96. The summed E-state index contributed by atoms with van der Waals surface area (Å²) in [7, 11) is 0. The third kappa shape index (κ3) is 4.84. The van der Waals surface area contributed by atoms with Crippen molar-refractivity contribution in [2.75, 3.05) is 10.6 Å². The van der Waals surface area contributed by atoms with Crippen LogP contribution < -0.4 is 16.3 Å². The number of anilines is 2. The maximum atomic E-state index is 11.9. The highest BCUT2D eigenvalue weighted by molar-refractivity contribution is 8.00. The first kappa shape index (κ1) is 19.2. The second kappa shape index (κ2) is 8.50. The maximum absolute atomic E-state index is 11.9. The lowest BCUT2D eigenvalue weighted by atomic mass is 10.1. The van der Waals surface area contributed by atoms with Gasteiger partial charge in [0.15, 0.2) is 4.34 Å². The lowest BCUT2D eigenvalue weighted by Gasteiger charge is -2.06. The largest absolute Gasteiger partial charge is 0.467 e. The summed E-state index contributed by atoms with van der Waals surface area (Å²) in [5.41, 5.74) is 1.40. The monoisotopic (exact) mass is 428 g/mol. The van der Waals surface area contributed by atoms with Gasteiger partial charge in [0.2, 0.25) is 11.0 Å². The third-order valence-corrected chi connectivity index (χ3v) is 5.97. The summed E-state index contributed by atoms with van der Waals surface area (Å²) in [5, 5.41) is 15.6. The average molecular weight is 428 g/mol. The van der Waals surface area contributed by atoms with E-state index in [9.17, 15) is 9.59 Å². The Labute approximate surface area is 173 Å². The van der Waals surface area contributed by atoms with Gasteiger partial charge in [0.1, 0.15) is 11.3 Å². The van der Waals surface area contributed by atoms with Gasteiger partial charge in [0.25, 0.3) is 0 Å². The van der Waals surface area contributed by atoms with Gasteiger partial charge in [-0.2, -0.15) is 0 Å². The fourth-order valence-electron chi connectivity index (χ4n) is 2.69. The molecule has 3 heterocycles. The number of furan rings is 1. The van der Waals surface area contributed by atoms with Crippen LogP contribution in [0.2, 0.25) is 0 Å². The van der Waals surface area contributed by atoms with Crippen LogP contribution in [0.4, 0.5) is 10.8 Å². The van der Waals surface area contributed by atoms with Crippen LogP contribution in [0.25, 0.3) is 11.0 Å². The van der Waals surface area contributed by atoms with Crippen molar-refractivity contribution in [2.24, 2.45) is 0 Å². The lowest BCUT2D eigenvalue weighted by molar-refractivity contribution is -0.114. The fourth-order valence-corrected chi connectivity index (χ4v) is 4.42. The summed E-state index contributed by atoms with van der Waals surface area (Å²) in [5.74, 6) is 1.16. The van der Waals surface area contributed by atoms with Gasteiger partial charge in [-0.1, -0.05) is 23.1 Å². The lowest BCUT2D eigenvalue weighted by Crippen LogP contribution is -2.06. The molecule has 0 fully saturated rings. The van der Waals surface area contributed by atoms with E-state index >= 15 is 0 Å². The molecule has 1 aromatic carbocycles. The highest BCUT2D eigenvalue weighted by Crippen LogP contribution is 2.31. The van der Waals surface area contributed by atoms with Gasteiger partial charge in [-0.25, -0.2) is 4.79 Å². The molecule has 0 bridgehead atoms. The number of amides is 1. The Morgan fingerprint density at radius 2 is 2.14 bits per heavy atom. The van der Waals surface area contributed by atoms with Crippen LogP contribution in [0.5, 0.6) is 0 Å². The minimum Gasteiger partial charge on any atom is -0.467 e. The molecule has 0 atom stereocenters. The van der Waals surface area contributed by atoms with Crippen molar-refractivity contribution in [2.45, 2.75) is 23.6 Å². The van der Waals surface area contributed by atoms with Crippen LogP contribution in [-0.2, 0) is 17.1 Å². The zero-order valence-corrected chi connectivity index (χ0v) is 16.9. The average Bonchev–Trinajstić information content (AvgIpc) is 3.35. The van der Waals surface area contributed by atoms with Crippen LogP contribution in [0, 0.1) is 0 Å². The molecule has 148 valence electrons. The number of carbonyl (C=O) groups is 1. The number of nitrogens with one attached hydrogen (secondary N) is 2. The highest BCUT2D eigenvalue weighted by atomic mass is 32.2. The molecule has 0 unspecified atom stereocenters. The number of fused-ring (bicyclic) bond motifs is 1. The summed E-state index contributed by atoms with van der Waals surface area (Å²) in [4.78, 5) is 23.2. The number of aromatic nitrogens is 2. The molecular formula is C19H16N4O4S2. The Hall–Kier alpha value is -3.11. The molecule has 0 saturated carbocycles. The second-order valence-corrected chi connectivity index (χ2v) is 8.28. The van der Waals surface area contributed by atoms with Crippen LogP contribution in [-0.4, -0.2) is 16.1 Å². The highest BCUT2D eigenvalue weighted by Gasteiger charge is 2.10. The summed E-state index contributed by atoms with van der Waals surface area (Å²) in [6.07, 6.45) is 1.62. The first-order valence-electron chi connectivity index (χ1n) is 8.64. The molecule has 0 aliphatic carbocycles. The number of hydrogen-bond acceptors (Lipinski definition) is 9. The van der Waals surface area contributed by atoms with Gasteiger partial charge in [-0.3, -0.25) is 4.79 Å².